The van der Waals surface area contributed by atoms with Gasteiger partial charge in [0.2, 0.25) is 10.0 Å². The quantitative estimate of drug-likeness (QED) is 0.812. The Balaban J connectivity index is 2.00. The first-order valence-electron chi connectivity index (χ1n) is 6.81. The maximum atomic E-state index is 12.5. The fourth-order valence-corrected chi connectivity index (χ4v) is 4.87. The molecular weight excluding hydrogens is 252 g/mol. The van der Waals surface area contributed by atoms with Crippen molar-refractivity contribution in [2.45, 2.75) is 38.8 Å². The summed E-state index contributed by atoms with van der Waals surface area (Å²) in [6.07, 6.45) is 1.94. The van der Waals surface area contributed by atoms with Crippen LogP contribution in [0.4, 0.5) is 0 Å². The predicted octanol–water partition coefficient (Wildman–Crippen LogP) is 0.425. The van der Waals surface area contributed by atoms with Gasteiger partial charge in [0.15, 0.2) is 0 Å². The number of ether oxygens (including phenoxy) is 1. The van der Waals surface area contributed by atoms with Gasteiger partial charge in [0, 0.05) is 12.6 Å². The number of piperidine rings is 1. The van der Waals surface area contributed by atoms with Crippen molar-refractivity contribution in [3.05, 3.63) is 0 Å². The lowest BCUT2D eigenvalue weighted by Gasteiger charge is -2.36. The Kier molecular flexibility index (Phi) is 4.64. The van der Waals surface area contributed by atoms with E-state index >= 15 is 0 Å². The molecule has 0 aromatic carbocycles. The van der Waals surface area contributed by atoms with Crippen molar-refractivity contribution in [3.63, 3.8) is 0 Å². The molecule has 2 unspecified atom stereocenters. The molecule has 0 radical (unpaired) electrons. The Morgan fingerprint density at radius 1 is 1.28 bits per heavy atom. The van der Waals surface area contributed by atoms with E-state index in [1.807, 2.05) is 13.8 Å². The van der Waals surface area contributed by atoms with Gasteiger partial charge >= 0.3 is 0 Å². The van der Waals surface area contributed by atoms with Gasteiger partial charge in [0.1, 0.15) is 0 Å². The Morgan fingerprint density at radius 2 is 1.94 bits per heavy atom. The second-order valence-electron chi connectivity index (χ2n) is 5.53. The van der Waals surface area contributed by atoms with E-state index in [1.54, 1.807) is 4.31 Å². The molecule has 2 rings (SSSR count). The highest BCUT2D eigenvalue weighted by molar-refractivity contribution is 7.89. The minimum Gasteiger partial charge on any atom is -0.375 e. The average molecular weight is 276 g/mol. The molecule has 2 aliphatic rings. The molecule has 0 aliphatic carbocycles. The van der Waals surface area contributed by atoms with Crippen LogP contribution in [0.2, 0.25) is 0 Å². The summed E-state index contributed by atoms with van der Waals surface area (Å²) in [6, 6.07) is -0.0343. The third kappa shape index (κ3) is 3.44. The molecule has 2 atom stereocenters. The largest absolute Gasteiger partial charge is 0.375 e. The van der Waals surface area contributed by atoms with Crippen molar-refractivity contribution in [2.75, 3.05) is 32.0 Å². The van der Waals surface area contributed by atoms with Gasteiger partial charge < -0.3 is 10.1 Å². The number of nitrogens with one attached hydrogen (secondary N) is 1. The highest BCUT2D eigenvalue weighted by Gasteiger charge is 2.34. The molecule has 2 aliphatic heterocycles. The smallest absolute Gasteiger partial charge is 0.214 e. The monoisotopic (exact) mass is 276 g/mol. The topological polar surface area (TPSA) is 58.6 Å². The molecule has 0 aromatic heterocycles. The van der Waals surface area contributed by atoms with Gasteiger partial charge in [-0.05, 0) is 45.7 Å². The first kappa shape index (κ1) is 14.2. The van der Waals surface area contributed by atoms with Gasteiger partial charge in [-0.25, -0.2) is 8.42 Å². The molecule has 2 saturated heterocycles. The highest BCUT2D eigenvalue weighted by Crippen LogP contribution is 2.21. The predicted molar refractivity (Wildman–Crippen MR) is 71.0 cm³/mol. The molecule has 106 valence electrons. The van der Waals surface area contributed by atoms with Gasteiger partial charge in [0.25, 0.3) is 0 Å². The summed E-state index contributed by atoms with van der Waals surface area (Å²) in [6.45, 7) is 6.73. The Bertz CT molecular complexity index is 366. The number of sulfonamides is 1. The van der Waals surface area contributed by atoms with Gasteiger partial charge in [0.05, 0.1) is 18.5 Å². The molecular formula is C12H24N2O3S. The molecule has 1 N–H and O–H groups in total. The molecule has 0 amide bonds. The molecule has 0 bridgehead atoms. The van der Waals surface area contributed by atoms with Crippen molar-refractivity contribution in [2.24, 2.45) is 5.92 Å². The fraction of sp³-hybridized carbons (Fsp3) is 1.00. The maximum Gasteiger partial charge on any atom is 0.214 e. The van der Waals surface area contributed by atoms with Crippen molar-refractivity contribution >= 4 is 10.0 Å². The average Bonchev–Trinajstić information content (AvgIpc) is 2.33. The molecule has 2 fully saturated rings. The Morgan fingerprint density at radius 3 is 2.61 bits per heavy atom. The highest BCUT2D eigenvalue weighted by atomic mass is 32.2. The van der Waals surface area contributed by atoms with Gasteiger partial charge in [-0.15, -0.1) is 0 Å². The summed E-state index contributed by atoms with van der Waals surface area (Å²) >= 11 is 0. The first-order valence-corrected chi connectivity index (χ1v) is 8.42. The lowest BCUT2D eigenvalue weighted by molar-refractivity contribution is -0.0171. The molecule has 2 heterocycles. The molecule has 5 nitrogen and oxygen atoms in total. The van der Waals surface area contributed by atoms with Crippen LogP contribution >= 0.6 is 0 Å². The Hall–Kier alpha value is -0.170. The van der Waals surface area contributed by atoms with E-state index in [2.05, 4.69) is 5.32 Å². The van der Waals surface area contributed by atoms with Crippen molar-refractivity contribution in [3.8, 4) is 0 Å². The van der Waals surface area contributed by atoms with Crippen LogP contribution in [0.3, 0.4) is 0 Å². The van der Waals surface area contributed by atoms with E-state index in [1.165, 1.54) is 0 Å². The lowest BCUT2D eigenvalue weighted by atomic mass is 10.0. The summed E-state index contributed by atoms with van der Waals surface area (Å²) in [5.74, 6) is 0.604. The van der Waals surface area contributed by atoms with Crippen LogP contribution < -0.4 is 5.32 Å². The van der Waals surface area contributed by atoms with Crippen LogP contribution in [-0.2, 0) is 14.8 Å². The van der Waals surface area contributed by atoms with Gasteiger partial charge in [-0.2, -0.15) is 4.31 Å². The van der Waals surface area contributed by atoms with Crippen molar-refractivity contribution in [1.29, 1.82) is 0 Å². The van der Waals surface area contributed by atoms with Crippen LogP contribution in [-0.4, -0.2) is 56.9 Å². The number of nitrogens with zero attached hydrogens (tertiary/aromatic N) is 1. The van der Waals surface area contributed by atoms with Crippen LogP contribution in [0.15, 0.2) is 0 Å². The van der Waals surface area contributed by atoms with E-state index in [0.29, 0.717) is 24.8 Å². The standard InChI is InChI=1S/C12H24N2O3S/c1-10-8-17-11(2)7-14(10)18(15,16)9-12-3-5-13-6-4-12/h10-13H,3-9H2,1-2H3. The third-order valence-electron chi connectivity index (χ3n) is 3.81. The zero-order valence-electron chi connectivity index (χ0n) is 11.3. The molecule has 0 saturated carbocycles. The summed E-state index contributed by atoms with van der Waals surface area (Å²) in [5, 5.41) is 3.27. The third-order valence-corrected chi connectivity index (χ3v) is 5.93. The minimum atomic E-state index is -3.14. The molecule has 0 spiro atoms. The molecule has 18 heavy (non-hydrogen) atoms. The van der Waals surface area contributed by atoms with E-state index in [9.17, 15) is 8.42 Å². The number of hydrogen-bond acceptors (Lipinski definition) is 4. The van der Waals surface area contributed by atoms with Crippen LogP contribution in [0, 0.1) is 5.92 Å². The van der Waals surface area contributed by atoms with E-state index in [4.69, 9.17) is 4.74 Å². The fourth-order valence-electron chi connectivity index (χ4n) is 2.70. The minimum absolute atomic E-state index is 0.00370. The summed E-state index contributed by atoms with van der Waals surface area (Å²) < 4.78 is 32.1. The first-order chi connectivity index (χ1) is 8.49. The zero-order chi connectivity index (χ0) is 13.2. The summed E-state index contributed by atoms with van der Waals surface area (Å²) in [4.78, 5) is 0. The molecule has 6 heteroatoms. The maximum absolute atomic E-state index is 12.5. The van der Waals surface area contributed by atoms with Crippen LogP contribution in [0.25, 0.3) is 0 Å². The summed E-state index contributed by atoms with van der Waals surface area (Å²) in [7, 11) is -3.14. The zero-order valence-corrected chi connectivity index (χ0v) is 12.1. The molecule has 0 aromatic rings. The van der Waals surface area contributed by atoms with Crippen LogP contribution in [0.1, 0.15) is 26.7 Å². The second kappa shape index (κ2) is 5.86. The van der Waals surface area contributed by atoms with Crippen molar-refractivity contribution in [1.82, 2.24) is 9.62 Å². The van der Waals surface area contributed by atoms with Gasteiger partial charge in [-0.1, -0.05) is 0 Å². The lowest BCUT2D eigenvalue weighted by Crippen LogP contribution is -2.51. The summed E-state index contributed by atoms with van der Waals surface area (Å²) in [5.41, 5.74) is 0. The second-order valence-corrected chi connectivity index (χ2v) is 7.50. The number of rotatable bonds is 3. The SMILES string of the molecule is CC1CN(S(=O)(=O)CC2CCNCC2)C(C)CO1. The van der Waals surface area contributed by atoms with E-state index < -0.39 is 10.0 Å². The normalized spacial score (nSPS) is 32.6. The van der Waals surface area contributed by atoms with E-state index in [-0.39, 0.29) is 12.1 Å². The number of morpholine rings is 1. The van der Waals surface area contributed by atoms with Gasteiger partial charge in [-0.3, -0.25) is 0 Å². The van der Waals surface area contributed by atoms with E-state index in [0.717, 1.165) is 25.9 Å². The Labute approximate surface area is 110 Å². The number of hydrogen-bond donors (Lipinski definition) is 1. The van der Waals surface area contributed by atoms with Crippen LogP contribution in [0.5, 0.6) is 0 Å². The van der Waals surface area contributed by atoms with Crippen molar-refractivity contribution < 1.29 is 13.2 Å².